The van der Waals surface area contributed by atoms with Gasteiger partial charge in [-0.3, -0.25) is 4.79 Å². The fourth-order valence-electron chi connectivity index (χ4n) is 3.51. The molecular weight excluding hydrogens is 342 g/mol. The van der Waals surface area contributed by atoms with Crippen LogP contribution >= 0.6 is 0 Å². The summed E-state index contributed by atoms with van der Waals surface area (Å²) in [5.41, 5.74) is 2.20. The molecule has 1 fully saturated rings. The molecule has 150 valence electrons. The number of hydrogen-bond donors (Lipinski definition) is 2. The smallest absolute Gasteiger partial charge is 0.317 e. The van der Waals surface area contributed by atoms with Gasteiger partial charge in [-0.25, -0.2) is 4.79 Å². The summed E-state index contributed by atoms with van der Waals surface area (Å²) in [6.07, 6.45) is 1.99. The molecule has 6 heteroatoms. The summed E-state index contributed by atoms with van der Waals surface area (Å²) in [4.78, 5) is 28.4. The molecule has 1 saturated heterocycles. The van der Waals surface area contributed by atoms with E-state index in [4.69, 9.17) is 0 Å². The number of nitrogens with one attached hydrogen (secondary N) is 1. The minimum absolute atomic E-state index is 0.00694. The van der Waals surface area contributed by atoms with Gasteiger partial charge in [0.2, 0.25) is 5.91 Å². The van der Waals surface area contributed by atoms with Crippen molar-refractivity contribution in [3.05, 3.63) is 35.4 Å². The van der Waals surface area contributed by atoms with Crippen molar-refractivity contribution < 1.29 is 14.7 Å². The van der Waals surface area contributed by atoms with Crippen LogP contribution in [-0.2, 0) is 11.3 Å². The van der Waals surface area contributed by atoms with Gasteiger partial charge in [0.25, 0.3) is 0 Å². The van der Waals surface area contributed by atoms with Gasteiger partial charge in [0, 0.05) is 38.6 Å². The number of rotatable bonds is 7. The first kappa shape index (κ1) is 21.2. The van der Waals surface area contributed by atoms with E-state index in [9.17, 15) is 14.7 Å². The van der Waals surface area contributed by atoms with E-state index >= 15 is 0 Å². The average molecular weight is 376 g/mol. The zero-order chi connectivity index (χ0) is 19.8. The number of amides is 3. The molecule has 0 radical (unpaired) electrons. The van der Waals surface area contributed by atoms with Crippen LogP contribution in [0.2, 0.25) is 0 Å². The summed E-state index contributed by atoms with van der Waals surface area (Å²) in [5.74, 6) is 0.472. The van der Waals surface area contributed by atoms with Crippen molar-refractivity contribution in [2.45, 2.75) is 40.2 Å². The largest absolute Gasteiger partial charge is 0.395 e. The van der Waals surface area contributed by atoms with Crippen LogP contribution in [0.5, 0.6) is 0 Å². The number of piperidine rings is 1. The van der Waals surface area contributed by atoms with Crippen molar-refractivity contribution in [2.24, 2.45) is 11.8 Å². The van der Waals surface area contributed by atoms with Crippen molar-refractivity contribution in [3.8, 4) is 0 Å². The highest BCUT2D eigenvalue weighted by atomic mass is 16.3. The van der Waals surface area contributed by atoms with Gasteiger partial charge in [-0.05, 0) is 36.8 Å². The van der Waals surface area contributed by atoms with Crippen LogP contribution in [0.4, 0.5) is 4.79 Å². The second-order valence-corrected chi connectivity index (χ2v) is 7.70. The number of carbonyl (C=O) groups excluding carboxylic acids is 2. The first-order valence-corrected chi connectivity index (χ1v) is 9.89. The van der Waals surface area contributed by atoms with E-state index in [-0.39, 0.29) is 30.4 Å². The highest BCUT2D eigenvalue weighted by molar-refractivity contribution is 5.78. The Morgan fingerprint density at radius 3 is 2.74 bits per heavy atom. The van der Waals surface area contributed by atoms with Gasteiger partial charge in [0.15, 0.2) is 0 Å². The Bertz CT molecular complexity index is 633. The first-order chi connectivity index (χ1) is 12.9. The number of aliphatic hydroxyl groups excluding tert-OH is 1. The maximum atomic E-state index is 12.6. The molecule has 1 heterocycles. The SMILES string of the molecule is Cc1ccccc1CN(CCO)C(=O)NC[C@H]1CCCN(C(=O)C(C)C)C1. The van der Waals surface area contributed by atoms with Crippen LogP contribution in [0.3, 0.4) is 0 Å². The van der Waals surface area contributed by atoms with Crippen LogP contribution in [0.25, 0.3) is 0 Å². The molecule has 0 saturated carbocycles. The molecule has 3 amide bonds. The number of benzene rings is 1. The van der Waals surface area contributed by atoms with Crippen molar-refractivity contribution >= 4 is 11.9 Å². The molecule has 1 aromatic rings. The molecule has 6 nitrogen and oxygen atoms in total. The minimum atomic E-state index is -0.167. The standard InChI is InChI=1S/C21H33N3O3/c1-16(2)20(26)23-10-6-8-18(14-23)13-22-21(27)24(11-12-25)15-19-9-5-4-7-17(19)3/h4-5,7,9,16,18,25H,6,8,10-15H2,1-3H3,(H,22,27)/t18-/m1/s1. The maximum absolute atomic E-state index is 12.6. The second-order valence-electron chi connectivity index (χ2n) is 7.70. The Morgan fingerprint density at radius 1 is 1.33 bits per heavy atom. The molecule has 2 N–H and O–H groups in total. The first-order valence-electron chi connectivity index (χ1n) is 9.89. The quantitative estimate of drug-likeness (QED) is 0.769. The molecular formula is C21H33N3O3. The van der Waals surface area contributed by atoms with E-state index in [1.807, 2.05) is 49.9 Å². The van der Waals surface area contributed by atoms with Crippen LogP contribution in [0, 0.1) is 18.8 Å². The Morgan fingerprint density at radius 2 is 2.07 bits per heavy atom. The topological polar surface area (TPSA) is 72.9 Å². The summed E-state index contributed by atoms with van der Waals surface area (Å²) in [6.45, 7) is 8.63. The Hall–Kier alpha value is -2.08. The van der Waals surface area contributed by atoms with E-state index in [1.54, 1.807) is 4.90 Å². The molecule has 1 aliphatic heterocycles. The van der Waals surface area contributed by atoms with Gasteiger partial charge in [0.1, 0.15) is 0 Å². The van der Waals surface area contributed by atoms with E-state index in [1.165, 1.54) is 0 Å². The number of hydrogen-bond acceptors (Lipinski definition) is 3. The summed E-state index contributed by atoms with van der Waals surface area (Å²) in [6, 6.07) is 7.79. The average Bonchev–Trinajstić information content (AvgIpc) is 2.67. The van der Waals surface area contributed by atoms with Crippen LogP contribution < -0.4 is 5.32 Å². The third-order valence-corrected chi connectivity index (χ3v) is 5.15. The highest BCUT2D eigenvalue weighted by Crippen LogP contribution is 2.18. The molecule has 1 aliphatic rings. The number of aliphatic hydroxyl groups is 1. The minimum Gasteiger partial charge on any atom is -0.395 e. The monoisotopic (exact) mass is 375 g/mol. The molecule has 0 aromatic heterocycles. The van der Waals surface area contributed by atoms with Gasteiger partial charge in [-0.15, -0.1) is 0 Å². The molecule has 0 aliphatic carbocycles. The van der Waals surface area contributed by atoms with Gasteiger partial charge < -0.3 is 20.2 Å². The fraction of sp³-hybridized carbons (Fsp3) is 0.619. The molecule has 0 unspecified atom stereocenters. The van der Waals surface area contributed by atoms with Crippen molar-refractivity contribution in [2.75, 3.05) is 32.8 Å². The number of nitrogens with zero attached hydrogens (tertiary/aromatic N) is 2. The molecule has 1 aromatic carbocycles. The maximum Gasteiger partial charge on any atom is 0.317 e. The van der Waals surface area contributed by atoms with Crippen LogP contribution in [-0.4, -0.2) is 59.6 Å². The van der Waals surface area contributed by atoms with Gasteiger partial charge in [0.05, 0.1) is 6.61 Å². The molecule has 2 rings (SSSR count). The van der Waals surface area contributed by atoms with Crippen molar-refractivity contribution in [3.63, 3.8) is 0 Å². The van der Waals surface area contributed by atoms with Gasteiger partial charge in [-0.1, -0.05) is 38.1 Å². The number of urea groups is 1. The normalized spacial score (nSPS) is 17.1. The van der Waals surface area contributed by atoms with E-state index in [2.05, 4.69) is 5.32 Å². The highest BCUT2D eigenvalue weighted by Gasteiger charge is 2.26. The summed E-state index contributed by atoms with van der Waals surface area (Å²) in [7, 11) is 0. The van der Waals surface area contributed by atoms with Gasteiger partial charge in [-0.2, -0.15) is 0 Å². The number of aryl methyl sites for hydroxylation is 1. The zero-order valence-corrected chi connectivity index (χ0v) is 16.8. The summed E-state index contributed by atoms with van der Waals surface area (Å²) < 4.78 is 0. The lowest BCUT2D eigenvalue weighted by Crippen LogP contribution is -2.47. The molecule has 0 spiro atoms. The zero-order valence-electron chi connectivity index (χ0n) is 16.8. The molecule has 0 bridgehead atoms. The third kappa shape index (κ3) is 6.24. The number of likely N-dealkylation sites (tertiary alicyclic amines) is 1. The second kappa shape index (κ2) is 10.3. The fourth-order valence-corrected chi connectivity index (χ4v) is 3.51. The predicted molar refractivity (Wildman–Crippen MR) is 106 cm³/mol. The Kier molecular flexibility index (Phi) is 8.10. The van der Waals surface area contributed by atoms with Crippen molar-refractivity contribution in [1.29, 1.82) is 0 Å². The summed E-state index contributed by atoms with van der Waals surface area (Å²) >= 11 is 0. The van der Waals surface area contributed by atoms with E-state index < -0.39 is 0 Å². The van der Waals surface area contributed by atoms with Crippen LogP contribution in [0.15, 0.2) is 24.3 Å². The summed E-state index contributed by atoms with van der Waals surface area (Å²) in [5, 5.41) is 12.3. The number of carbonyl (C=O) groups is 2. The Labute approximate surface area is 162 Å². The lowest BCUT2D eigenvalue weighted by Gasteiger charge is -2.34. The van der Waals surface area contributed by atoms with Crippen LogP contribution in [0.1, 0.15) is 37.8 Å². The van der Waals surface area contributed by atoms with Crippen molar-refractivity contribution in [1.82, 2.24) is 15.1 Å². The third-order valence-electron chi connectivity index (χ3n) is 5.15. The lowest BCUT2D eigenvalue weighted by molar-refractivity contribution is -0.136. The lowest BCUT2D eigenvalue weighted by atomic mass is 9.97. The predicted octanol–water partition coefficient (Wildman–Crippen LogP) is 2.39. The Balaban J connectivity index is 1.89. The van der Waals surface area contributed by atoms with Gasteiger partial charge >= 0.3 is 6.03 Å². The molecule has 27 heavy (non-hydrogen) atoms. The van der Waals surface area contributed by atoms with E-state index in [0.717, 1.165) is 30.5 Å². The molecule has 1 atom stereocenters. The van der Waals surface area contributed by atoms with E-state index in [0.29, 0.717) is 26.2 Å².